The zero-order chi connectivity index (χ0) is 7.84. The standard InChI is InChI=1S/C9H14O2/c1-6(10)11-9-5-7-2-3-8(9)4-7/h7-9H,2-5H2,1H3. The topological polar surface area (TPSA) is 26.3 Å². The maximum Gasteiger partial charge on any atom is 0.302 e. The van der Waals surface area contributed by atoms with Crippen molar-refractivity contribution in [1.82, 2.24) is 0 Å². The van der Waals surface area contributed by atoms with Crippen LogP contribution in [-0.2, 0) is 9.53 Å². The van der Waals surface area contributed by atoms with Gasteiger partial charge in [-0.15, -0.1) is 0 Å². The second-order valence-corrected chi connectivity index (χ2v) is 3.82. The fraction of sp³-hybridized carbons (Fsp3) is 0.889. The summed E-state index contributed by atoms with van der Waals surface area (Å²) in [5.41, 5.74) is 0. The summed E-state index contributed by atoms with van der Waals surface area (Å²) in [5.74, 6) is 1.45. The van der Waals surface area contributed by atoms with E-state index < -0.39 is 0 Å². The molecule has 0 aliphatic heterocycles. The lowest BCUT2D eigenvalue weighted by Crippen LogP contribution is -2.22. The molecule has 0 N–H and O–H groups in total. The lowest BCUT2D eigenvalue weighted by molar-refractivity contribution is -0.148. The molecule has 0 aromatic heterocycles. The van der Waals surface area contributed by atoms with E-state index in [1.165, 1.54) is 26.2 Å². The van der Waals surface area contributed by atoms with Crippen LogP contribution in [0.2, 0.25) is 0 Å². The van der Waals surface area contributed by atoms with Gasteiger partial charge in [-0.05, 0) is 37.5 Å². The lowest BCUT2D eigenvalue weighted by atomic mass is 9.98. The van der Waals surface area contributed by atoms with Crippen LogP contribution in [0.4, 0.5) is 0 Å². The van der Waals surface area contributed by atoms with Gasteiger partial charge in [0.25, 0.3) is 0 Å². The number of carbonyl (C=O) groups is 1. The first-order chi connectivity index (χ1) is 5.25. The average molecular weight is 154 g/mol. The Balaban J connectivity index is 1.92. The molecule has 2 saturated carbocycles. The molecule has 0 amide bonds. The number of rotatable bonds is 1. The van der Waals surface area contributed by atoms with Gasteiger partial charge in [0, 0.05) is 6.92 Å². The molecule has 0 spiro atoms. The Bertz CT molecular complexity index is 176. The molecule has 2 fully saturated rings. The number of fused-ring (bicyclic) bond motifs is 2. The Morgan fingerprint density at radius 1 is 1.36 bits per heavy atom. The summed E-state index contributed by atoms with van der Waals surface area (Å²) in [6, 6.07) is 0. The van der Waals surface area contributed by atoms with Crippen LogP contribution in [0.1, 0.15) is 32.6 Å². The molecule has 0 heterocycles. The Kier molecular flexibility index (Phi) is 1.63. The maximum atomic E-state index is 10.7. The molecular weight excluding hydrogens is 140 g/mol. The summed E-state index contributed by atoms with van der Waals surface area (Å²) in [7, 11) is 0. The number of ether oxygens (including phenoxy) is 1. The molecular formula is C9H14O2. The van der Waals surface area contributed by atoms with Crippen LogP contribution in [0.15, 0.2) is 0 Å². The van der Waals surface area contributed by atoms with E-state index in [9.17, 15) is 4.79 Å². The lowest BCUT2D eigenvalue weighted by Gasteiger charge is -2.20. The van der Waals surface area contributed by atoms with Crippen LogP contribution in [0.25, 0.3) is 0 Å². The maximum absolute atomic E-state index is 10.7. The Labute approximate surface area is 66.9 Å². The molecule has 11 heavy (non-hydrogen) atoms. The number of hydrogen-bond acceptors (Lipinski definition) is 2. The molecule has 2 heteroatoms. The minimum atomic E-state index is -0.109. The highest BCUT2D eigenvalue weighted by molar-refractivity contribution is 5.66. The van der Waals surface area contributed by atoms with Crippen molar-refractivity contribution in [2.45, 2.75) is 38.7 Å². The Hall–Kier alpha value is -0.530. The van der Waals surface area contributed by atoms with Crippen molar-refractivity contribution >= 4 is 5.97 Å². The van der Waals surface area contributed by atoms with Gasteiger partial charge >= 0.3 is 5.97 Å². The Morgan fingerprint density at radius 3 is 2.64 bits per heavy atom. The van der Waals surface area contributed by atoms with Gasteiger partial charge in [-0.3, -0.25) is 4.79 Å². The fourth-order valence-electron chi connectivity index (χ4n) is 2.54. The summed E-state index contributed by atoms with van der Waals surface area (Å²) in [5, 5.41) is 0. The van der Waals surface area contributed by atoms with Gasteiger partial charge in [0.15, 0.2) is 0 Å². The normalized spacial score (nSPS) is 41.0. The van der Waals surface area contributed by atoms with Crippen LogP contribution in [0, 0.1) is 11.8 Å². The van der Waals surface area contributed by atoms with Crippen LogP contribution in [0.3, 0.4) is 0 Å². The van der Waals surface area contributed by atoms with Crippen molar-refractivity contribution in [2.75, 3.05) is 0 Å². The highest BCUT2D eigenvalue weighted by atomic mass is 16.5. The first kappa shape index (κ1) is 7.14. The predicted molar refractivity (Wildman–Crippen MR) is 41.0 cm³/mol. The van der Waals surface area contributed by atoms with Crippen molar-refractivity contribution in [3.8, 4) is 0 Å². The summed E-state index contributed by atoms with van der Waals surface area (Å²) < 4.78 is 5.21. The Morgan fingerprint density at radius 2 is 2.18 bits per heavy atom. The third-order valence-corrected chi connectivity index (χ3v) is 2.99. The van der Waals surface area contributed by atoms with Gasteiger partial charge in [-0.2, -0.15) is 0 Å². The summed E-state index contributed by atoms with van der Waals surface area (Å²) >= 11 is 0. The zero-order valence-electron chi connectivity index (χ0n) is 6.88. The summed E-state index contributed by atoms with van der Waals surface area (Å²) in [6.07, 6.45) is 5.35. The summed E-state index contributed by atoms with van der Waals surface area (Å²) in [4.78, 5) is 10.7. The smallest absolute Gasteiger partial charge is 0.302 e. The average Bonchev–Trinajstić information content (AvgIpc) is 2.45. The van der Waals surface area contributed by atoms with Gasteiger partial charge in [0.05, 0.1) is 0 Å². The van der Waals surface area contributed by atoms with Crippen LogP contribution in [0.5, 0.6) is 0 Å². The zero-order valence-corrected chi connectivity index (χ0v) is 6.88. The first-order valence-electron chi connectivity index (χ1n) is 4.43. The van der Waals surface area contributed by atoms with E-state index in [0.29, 0.717) is 5.92 Å². The van der Waals surface area contributed by atoms with Crippen molar-refractivity contribution < 1.29 is 9.53 Å². The van der Waals surface area contributed by atoms with E-state index in [4.69, 9.17) is 4.74 Å². The molecule has 3 unspecified atom stereocenters. The molecule has 2 aliphatic carbocycles. The van der Waals surface area contributed by atoms with Crippen molar-refractivity contribution in [2.24, 2.45) is 11.8 Å². The van der Waals surface area contributed by atoms with Gasteiger partial charge < -0.3 is 4.74 Å². The van der Waals surface area contributed by atoms with Crippen LogP contribution < -0.4 is 0 Å². The first-order valence-corrected chi connectivity index (χ1v) is 4.43. The highest BCUT2D eigenvalue weighted by Gasteiger charge is 2.41. The van der Waals surface area contributed by atoms with Crippen molar-refractivity contribution in [1.29, 1.82) is 0 Å². The molecule has 2 bridgehead atoms. The van der Waals surface area contributed by atoms with Crippen LogP contribution >= 0.6 is 0 Å². The molecule has 2 nitrogen and oxygen atoms in total. The second-order valence-electron chi connectivity index (χ2n) is 3.82. The van der Waals surface area contributed by atoms with Crippen LogP contribution in [-0.4, -0.2) is 12.1 Å². The highest BCUT2D eigenvalue weighted by Crippen LogP contribution is 2.45. The van der Waals surface area contributed by atoms with Crippen molar-refractivity contribution in [3.63, 3.8) is 0 Å². The molecule has 3 atom stereocenters. The number of esters is 1. The predicted octanol–water partition coefficient (Wildman–Crippen LogP) is 1.74. The third kappa shape index (κ3) is 1.26. The minimum Gasteiger partial charge on any atom is -0.462 e. The second kappa shape index (κ2) is 2.50. The third-order valence-electron chi connectivity index (χ3n) is 2.99. The van der Waals surface area contributed by atoms with Gasteiger partial charge in [0.1, 0.15) is 6.10 Å². The van der Waals surface area contributed by atoms with Gasteiger partial charge in [-0.1, -0.05) is 0 Å². The minimum absolute atomic E-state index is 0.109. The molecule has 62 valence electrons. The van der Waals surface area contributed by atoms with Gasteiger partial charge in [0.2, 0.25) is 0 Å². The fourth-order valence-corrected chi connectivity index (χ4v) is 2.54. The van der Waals surface area contributed by atoms with E-state index in [-0.39, 0.29) is 12.1 Å². The molecule has 2 aliphatic rings. The monoisotopic (exact) mass is 154 g/mol. The molecule has 2 rings (SSSR count). The molecule has 0 radical (unpaired) electrons. The molecule has 0 saturated heterocycles. The molecule has 0 aromatic rings. The number of hydrogen-bond donors (Lipinski definition) is 0. The van der Waals surface area contributed by atoms with E-state index in [1.807, 2.05) is 0 Å². The molecule has 0 aromatic carbocycles. The van der Waals surface area contributed by atoms with E-state index in [0.717, 1.165) is 12.3 Å². The van der Waals surface area contributed by atoms with Gasteiger partial charge in [-0.25, -0.2) is 0 Å². The van der Waals surface area contributed by atoms with E-state index in [1.54, 1.807) is 0 Å². The van der Waals surface area contributed by atoms with E-state index in [2.05, 4.69) is 0 Å². The largest absolute Gasteiger partial charge is 0.462 e. The SMILES string of the molecule is CC(=O)OC1CC2CCC1C2. The quantitative estimate of drug-likeness (QED) is 0.538. The van der Waals surface area contributed by atoms with Crippen molar-refractivity contribution in [3.05, 3.63) is 0 Å². The summed E-state index contributed by atoms with van der Waals surface area (Å²) in [6.45, 7) is 1.51. The van der Waals surface area contributed by atoms with E-state index >= 15 is 0 Å². The number of carbonyl (C=O) groups excluding carboxylic acids is 1.